The summed E-state index contributed by atoms with van der Waals surface area (Å²) in [5, 5.41) is 9.02. The molecule has 4 aromatic rings. The van der Waals surface area contributed by atoms with Gasteiger partial charge in [0, 0.05) is 73.5 Å². The van der Waals surface area contributed by atoms with Crippen LogP contribution in [0.2, 0.25) is 0 Å². The van der Waals surface area contributed by atoms with Crippen LogP contribution in [0.4, 0.5) is 28.8 Å². The van der Waals surface area contributed by atoms with E-state index in [9.17, 15) is 18.0 Å². The van der Waals surface area contributed by atoms with Gasteiger partial charge in [0.25, 0.3) is 0 Å². The summed E-state index contributed by atoms with van der Waals surface area (Å²) in [6, 6.07) is 22.9. The molecule has 1 aromatic heterocycles. The van der Waals surface area contributed by atoms with Gasteiger partial charge < -0.3 is 15.5 Å². The summed E-state index contributed by atoms with van der Waals surface area (Å²) in [4.78, 5) is 38.3. The third kappa shape index (κ3) is 8.65. The number of piperazine rings is 1. The number of nitrogens with zero attached hydrogens (tertiary/aromatic N) is 4. The van der Waals surface area contributed by atoms with Crippen LogP contribution in [0.3, 0.4) is 0 Å². The highest BCUT2D eigenvalue weighted by Crippen LogP contribution is 2.29. The highest BCUT2D eigenvalue weighted by molar-refractivity contribution is 7.89. The molecule has 2 fully saturated rings. The van der Waals surface area contributed by atoms with Crippen LogP contribution in [0.15, 0.2) is 83.9 Å². The number of aryl methyl sites for hydroxylation is 1. The van der Waals surface area contributed by atoms with Gasteiger partial charge in [0.15, 0.2) is 0 Å². The number of piperidine rings is 1. The van der Waals surface area contributed by atoms with Gasteiger partial charge in [0.1, 0.15) is 5.82 Å². The molecular formula is C37H44N8O4S. The predicted molar refractivity (Wildman–Crippen MR) is 195 cm³/mol. The van der Waals surface area contributed by atoms with Crippen molar-refractivity contribution in [2.45, 2.75) is 63.4 Å². The first-order valence-corrected chi connectivity index (χ1v) is 18.3. The van der Waals surface area contributed by atoms with Crippen molar-refractivity contribution in [2.24, 2.45) is 0 Å². The third-order valence-corrected chi connectivity index (χ3v) is 10.5. The zero-order chi connectivity index (χ0) is 35.5. The number of rotatable bonds is 10. The monoisotopic (exact) mass is 696 g/mol. The average molecular weight is 697 g/mol. The fraction of sp³-hybridized carbons (Fsp3) is 0.351. The molecule has 50 heavy (non-hydrogen) atoms. The van der Waals surface area contributed by atoms with E-state index in [4.69, 9.17) is 0 Å². The van der Waals surface area contributed by atoms with Gasteiger partial charge in [-0.2, -0.15) is 4.98 Å². The molecule has 3 heterocycles. The van der Waals surface area contributed by atoms with E-state index in [0.717, 1.165) is 60.8 Å². The van der Waals surface area contributed by atoms with Crippen LogP contribution in [-0.2, 0) is 26.2 Å². The van der Waals surface area contributed by atoms with Gasteiger partial charge in [0.2, 0.25) is 27.8 Å². The Bertz CT molecular complexity index is 1970. The van der Waals surface area contributed by atoms with E-state index in [2.05, 4.69) is 58.6 Å². The number of anilines is 5. The number of carbonyl (C=O) groups excluding carboxylic acids is 2. The molecule has 0 spiro atoms. The van der Waals surface area contributed by atoms with Gasteiger partial charge in [-0.1, -0.05) is 30.3 Å². The minimum Gasteiger partial charge on any atom is -0.369 e. The quantitative estimate of drug-likeness (QED) is 0.163. The van der Waals surface area contributed by atoms with Crippen LogP contribution in [0.5, 0.6) is 0 Å². The normalized spacial score (nSPS) is 17.4. The minimum absolute atomic E-state index is 0.166. The number of benzene rings is 3. The number of hydrogen-bond donors (Lipinski definition) is 4. The van der Waals surface area contributed by atoms with E-state index in [0.29, 0.717) is 30.3 Å². The van der Waals surface area contributed by atoms with E-state index in [-0.39, 0.29) is 22.6 Å². The van der Waals surface area contributed by atoms with E-state index in [1.165, 1.54) is 0 Å². The fourth-order valence-corrected chi connectivity index (χ4v) is 7.73. The number of imide groups is 1. The van der Waals surface area contributed by atoms with Gasteiger partial charge in [-0.25, -0.2) is 18.1 Å². The highest BCUT2D eigenvalue weighted by Gasteiger charge is 2.30. The maximum atomic E-state index is 12.9. The Kier molecular flexibility index (Phi) is 10.2. The molecule has 6 rings (SSSR count). The maximum absolute atomic E-state index is 12.9. The SMILES string of the molecule is Cc1cnc(Nc2ccc(N3CCN(Cc4ccccc4C4CCC(=O)NC4=O)CC3)cc2)nc1Nc1cccc(S(=O)(=O)NC(C)(C)C)c1. The number of hydrogen-bond acceptors (Lipinski definition) is 10. The van der Waals surface area contributed by atoms with E-state index in [1.54, 1.807) is 51.2 Å². The highest BCUT2D eigenvalue weighted by atomic mass is 32.2. The fourth-order valence-electron chi connectivity index (χ4n) is 6.27. The lowest BCUT2D eigenvalue weighted by molar-refractivity contribution is -0.134. The molecule has 0 bridgehead atoms. The lowest BCUT2D eigenvalue weighted by Gasteiger charge is -2.36. The molecule has 262 valence electrons. The second-order valence-corrected chi connectivity index (χ2v) is 15.6. The number of sulfonamides is 1. The number of nitrogens with one attached hydrogen (secondary N) is 4. The average Bonchev–Trinajstić information content (AvgIpc) is 3.07. The molecule has 0 saturated carbocycles. The second kappa shape index (κ2) is 14.6. The van der Waals surface area contributed by atoms with Crippen molar-refractivity contribution < 1.29 is 18.0 Å². The minimum atomic E-state index is -3.69. The molecule has 2 amide bonds. The molecule has 2 saturated heterocycles. The van der Waals surface area contributed by atoms with Gasteiger partial charge in [-0.15, -0.1) is 0 Å². The summed E-state index contributed by atoms with van der Waals surface area (Å²) in [7, 11) is -3.69. The zero-order valence-corrected chi connectivity index (χ0v) is 29.7. The van der Waals surface area contributed by atoms with Crippen LogP contribution in [0, 0.1) is 6.92 Å². The van der Waals surface area contributed by atoms with Gasteiger partial charge in [0.05, 0.1) is 10.8 Å². The van der Waals surface area contributed by atoms with E-state index in [1.807, 2.05) is 37.3 Å². The van der Waals surface area contributed by atoms with Crippen LogP contribution in [0.1, 0.15) is 56.2 Å². The summed E-state index contributed by atoms with van der Waals surface area (Å²) in [5.74, 6) is 0.293. The molecule has 2 aliphatic rings. The molecule has 0 radical (unpaired) electrons. The van der Waals surface area contributed by atoms with E-state index >= 15 is 0 Å². The van der Waals surface area contributed by atoms with E-state index < -0.39 is 15.6 Å². The Labute approximate surface area is 293 Å². The number of aromatic nitrogens is 2. The molecule has 1 unspecified atom stereocenters. The van der Waals surface area contributed by atoms with Crippen LogP contribution in [-0.4, -0.2) is 66.8 Å². The lowest BCUT2D eigenvalue weighted by Crippen LogP contribution is -2.46. The van der Waals surface area contributed by atoms with Crippen molar-refractivity contribution >= 4 is 50.7 Å². The number of amides is 2. The van der Waals surface area contributed by atoms with Crippen molar-refractivity contribution in [1.82, 2.24) is 24.9 Å². The third-order valence-electron chi connectivity index (χ3n) is 8.74. The zero-order valence-electron chi connectivity index (χ0n) is 28.9. The summed E-state index contributed by atoms with van der Waals surface area (Å²) < 4.78 is 28.4. The van der Waals surface area contributed by atoms with Crippen molar-refractivity contribution in [3.8, 4) is 0 Å². The second-order valence-electron chi connectivity index (χ2n) is 13.9. The lowest BCUT2D eigenvalue weighted by atomic mass is 9.87. The predicted octanol–water partition coefficient (Wildman–Crippen LogP) is 5.19. The van der Waals surface area contributed by atoms with Gasteiger partial charge >= 0.3 is 0 Å². The topological polar surface area (TPSA) is 149 Å². The van der Waals surface area contributed by atoms with Crippen LogP contribution >= 0.6 is 0 Å². The smallest absolute Gasteiger partial charge is 0.241 e. The Morgan fingerprint density at radius 3 is 2.36 bits per heavy atom. The Hall–Kier alpha value is -4.85. The molecule has 2 aliphatic heterocycles. The van der Waals surface area contributed by atoms with Crippen molar-refractivity contribution in [2.75, 3.05) is 41.7 Å². The molecule has 3 aromatic carbocycles. The summed E-state index contributed by atoms with van der Waals surface area (Å²) in [5.41, 5.74) is 4.92. The van der Waals surface area contributed by atoms with Crippen LogP contribution in [0.25, 0.3) is 0 Å². The largest absolute Gasteiger partial charge is 0.369 e. The molecule has 12 nitrogen and oxygen atoms in total. The first-order valence-electron chi connectivity index (χ1n) is 16.8. The molecule has 1 atom stereocenters. The number of carbonyl (C=O) groups is 2. The first-order chi connectivity index (χ1) is 23.8. The molecule has 4 N–H and O–H groups in total. The Balaban J connectivity index is 1.05. The summed E-state index contributed by atoms with van der Waals surface area (Å²) >= 11 is 0. The van der Waals surface area contributed by atoms with Gasteiger partial charge in [-0.05, 0) is 87.7 Å². The van der Waals surface area contributed by atoms with Gasteiger partial charge in [-0.3, -0.25) is 19.8 Å². The van der Waals surface area contributed by atoms with Crippen molar-refractivity contribution in [1.29, 1.82) is 0 Å². The Morgan fingerprint density at radius 2 is 1.64 bits per heavy atom. The first kappa shape index (κ1) is 35.0. The molecule has 13 heteroatoms. The summed E-state index contributed by atoms with van der Waals surface area (Å²) in [6.45, 7) is 11.6. The molecular weight excluding hydrogens is 653 g/mol. The Morgan fingerprint density at radius 1 is 0.900 bits per heavy atom. The summed E-state index contributed by atoms with van der Waals surface area (Å²) in [6.07, 6.45) is 2.64. The van der Waals surface area contributed by atoms with Crippen molar-refractivity contribution in [3.05, 3.63) is 95.7 Å². The standard InChI is InChI=1S/C37H44N8O4S/c1-25-23-38-36(42-34(25)39-28-9-7-10-30(22-28)50(48,49)43-37(2,3)4)40-27-12-14-29(15-13-27)45-20-18-44(19-21-45)24-26-8-5-6-11-31(26)32-16-17-33(46)41-35(32)47/h5-15,22-23,32,43H,16-21,24H2,1-4H3,(H,41,46,47)(H2,38,39,40,42). The maximum Gasteiger partial charge on any atom is 0.241 e. The molecule has 0 aliphatic carbocycles. The van der Waals surface area contributed by atoms with Crippen LogP contribution < -0.4 is 25.6 Å². The van der Waals surface area contributed by atoms with Crippen molar-refractivity contribution in [3.63, 3.8) is 0 Å².